The Labute approximate surface area is 107 Å². The maximum atomic E-state index is 11.7. The molecule has 3 N–H and O–H groups in total. The molecule has 0 unspecified atom stereocenters. The fourth-order valence-corrected chi connectivity index (χ4v) is 2.41. The molecule has 1 fully saturated rings. The van der Waals surface area contributed by atoms with Crippen LogP contribution in [0.3, 0.4) is 0 Å². The molecule has 2 rings (SSSR count). The lowest BCUT2D eigenvalue weighted by Gasteiger charge is -2.26. The van der Waals surface area contributed by atoms with E-state index < -0.39 is 5.97 Å². The van der Waals surface area contributed by atoms with Gasteiger partial charge in [-0.25, -0.2) is 9.78 Å². The Hall–Kier alpha value is -1.78. The van der Waals surface area contributed by atoms with E-state index in [1.54, 1.807) is 12.3 Å². The number of hydrogen-bond donors (Lipinski definition) is 2. The Morgan fingerprint density at radius 2 is 2.17 bits per heavy atom. The van der Waals surface area contributed by atoms with Gasteiger partial charge in [0.1, 0.15) is 11.4 Å². The number of nitrogens with zero attached hydrogens (tertiary/aromatic N) is 1. The zero-order chi connectivity index (χ0) is 13.2. The Kier molecular flexibility index (Phi) is 3.41. The van der Waals surface area contributed by atoms with Gasteiger partial charge in [0.15, 0.2) is 0 Å². The highest BCUT2D eigenvalue weighted by atomic mass is 16.5. The molecule has 18 heavy (non-hydrogen) atoms. The second-order valence-electron chi connectivity index (χ2n) is 5.05. The first-order valence-electron chi connectivity index (χ1n) is 6.16. The van der Waals surface area contributed by atoms with E-state index in [-0.39, 0.29) is 5.54 Å². The van der Waals surface area contributed by atoms with Crippen molar-refractivity contribution in [3.63, 3.8) is 0 Å². The standard InChI is InChI=1S/C13H19N3O2/c1-13(5-3-4-6-13)16-11-10(12(17)18-2)7-9(14)8-15-11/h7-8H,3-6,14H2,1-2H3,(H,15,16). The SMILES string of the molecule is COC(=O)c1cc(N)cnc1NC1(C)CCCC1. The summed E-state index contributed by atoms with van der Waals surface area (Å²) in [5.74, 6) is 0.138. The molecule has 0 aromatic carbocycles. The number of nitrogens with two attached hydrogens (primary N) is 1. The lowest BCUT2D eigenvalue weighted by Crippen LogP contribution is -2.32. The van der Waals surface area contributed by atoms with Gasteiger partial charge in [-0.3, -0.25) is 0 Å². The number of hydrogen-bond acceptors (Lipinski definition) is 5. The smallest absolute Gasteiger partial charge is 0.341 e. The van der Waals surface area contributed by atoms with Crippen molar-refractivity contribution in [2.75, 3.05) is 18.2 Å². The van der Waals surface area contributed by atoms with Gasteiger partial charge in [0.2, 0.25) is 0 Å². The third-order valence-corrected chi connectivity index (χ3v) is 3.44. The Morgan fingerprint density at radius 1 is 1.50 bits per heavy atom. The molecule has 0 aliphatic heterocycles. The summed E-state index contributed by atoms with van der Waals surface area (Å²) in [6.07, 6.45) is 6.12. The summed E-state index contributed by atoms with van der Waals surface area (Å²) in [6, 6.07) is 1.60. The number of ether oxygens (including phenoxy) is 1. The summed E-state index contributed by atoms with van der Waals surface area (Å²) in [6.45, 7) is 2.15. The molecule has 0 amide bonds. The highest BCUT2D eigenvalue weighted by Crippen LogP contribution is 2.33. The highest BCUT2D eigenvalue weighted by molar-refractivity contribution is 5.95. The van der Waals surface area contributed by atoms with Crippen molar-refractivity contribution in [1.82, 2.24) is 4.98 Å². The lowest BCUT2D eigenvalue weighted by molar-refractivity contribution is 0.0601. The maximum absolute atomic E-state index is 11.7. The van der Waals surface area contributed by atoms with E-state index >= 15 is 0 Å². The largest absolute Gasteiger partial charge is 0.465 e. The number of aromatic nitrogens is 1. The minimum atomic E-state index is -0.418. The number of methoxy groups -OCH3 is 1. The van der Waals surface area contributed by atoms with E-state index in [9.17, 15) is 4.79 Å². The first-order chi connectivity index (χ1) is 8.54. The van der Waals surface area contributed by atoms with Crippen LogP contribution in [0.25, 0.3) is 0 Å². The van der Waals surface area contributed by atoms with Crippen LogP contribution in [0.1, 0.15) is 43.0 Å². The van der Waals surface area contributed by atoms with Crippen molar-refractivity contribution >= 4 is 17.5 Å². The molecule has 5 heteroatoms. The van der Waals surface area contributed by atoms with Gasteiger partial charge in [-0.2, -0.15) is 0 Å². The van der Waals surface area contributed by atoms with Crippen molar-refractivity contribution in [3.05, 3.63) is 17.8 Å². The van der Waals surface area contributed by atoms with E-state index in [2.05, 4.69) is 17.2 Å². The third-order valence-electron chi connectivity index (χ3n) is 3.44. The molecule has 1 heterocycles. The van der Waals surface area contributed by atoms with Gasteiger partial charge in [0.25, 0.3) is 0 Å². The third kappa shape index (κ3) is 2.55. The second kappa shape index (κ2) is 4.84. The molecular weight excluding hydrogens is 230 g/mol. The fraction of sp³-hybridized carbons (Fsp3) is 0.538. The zero-order valence-corrected chi connectivity index (χ0v) is 10.8. The van der Waals surface area contributed by atoms with Crippen LogP contribution >= 0.6 is 0 Å². The molecule has 0 bridgehead atoms. The molecule has 98 valence electrons. The van der Waals surface area contributed by atoms with E-state index in [1.165, 1.54) is 20.0 Å². The average Bonchev–Trinajstić information content (AvgIpc) is 2.77. The van der Waals surface area contributed by atoms with Crippen LogP contribution in [0.4, 0.5) is 11.5 Å². The molecule has 1 saturated carbocycles. The minimum Gasteiger partial charge on any atom is -0.465 e. The average molecular weight is 249 g/mol. The predicted molar refractivity (Wildman–Crippen MR) is 70.5 cm³/mol. The van der Waals surface area contributed by atoms with E-state index in [0.717, 1.165) is 12.8 Å². The van der Waals surface area contributed by atoms with Gasteiger partial charge in [0, 0.05) is 5.54 Å². The number of carbonyl (C=O) groups excluding carboxylic acids is 1. The van der Waals surface area contributed by atoms with E-state index in [1.807, 2.05) is 0 Å². The highest BCUT2D eigenvalue weighted by Gasteiger charge is 2.30. The topological polar surface area (TPSA) is 77.2 Å². The molecular formula is C13H19N3O2. The van der Waals surface area contributed by atoms with Crippen LogP contribution in [-0.2, 0) is 4.74 Å². The number of nitrogen functional groups attached to an aromatic ring is 1. The number of nitrogens with one attached hydrogen (secondary N) is 1. The number of esters is 1. The van der Waals surface area contributed by atoms with Crippen molar-refractivity contribution < 1.29 is 9.53 Å². The maximum Gasteiger partial charge on any atom is 0.341 e. The van der Waals surface area contributed by atoms with Gasteiger partial charge < -0.3 is 15.8 Å². The molecule has 1 aromatic heterocycles. The summed E-state index contributed by atoms with van der Waals surface area (Å²) in [5.41, 5.74) is 6.52. The number of pyridine rings is 1. The molecule has 5 nitrogen and oxygen atoms in total. The molecule has 0 radical (unpaired) electrons. The van der Waals surface area contributed by atoms with Crippen LogP contribution in [-0.4, -0.2) is 23.6 Å². The summed E-state index contributed by atoms with van der Waals surface area (Å²) in [4.78, 5) is 15.9. The predicted octanol–water partition coefficient (Wildman–Crippen LogP) is 2.20. The number of rotatable bonds is 3. The van der Waals surface area contributed by atoms with Gasteiger partial charge in [-0.15, -0.1) is 0 Å². The minimum absolute atomic E-state index is 0.00584. The molecule has 0 saturated heterocycles. The van der Waals surface area contributed by atoms with Crippen molar-refractivity contribution in [2.45, 2.75) is 38.1 Å². The summed E-state index contributed by atoms with van der Waals surface area (Å²) < 4.78 is 4.75. The van der Waals surface area contributed by atoms with Gasteiger partial charge in [-0.1, -0.05) is 12.8 Å². The number of anilines is 2. The summed E-state index contributed by atoms with van der Waals surface area (Å²) in [5, 5.41) is 3.36. The zero-order valence-electron chi connectivity index (χ0n) is 10.8. The Morgan fingerprint density at radius 3 is 2.78 bits per heavy atom. The first-order valence-corrected chi connectivity index (χ1v) is 6.16. The fourth-order valence-electron chi connectivity index (χ4n) is 2.41. The molecule has 1 aliphatic rings. The van der Waals surface area contributed by atoms with Crippen LogP contribution in [0.5, 0.6) is 0 Å². The number of carbonyl (C=O) groups is 1. The van der Waals surface area contributed by atoms with E-state index in [4.69, 9.17) is 10.5 Å². The van der Waals surface area contributed by atoms with Crippen LogP contribution in [0.2, 0.25) is 0 Å². The van der Waals surface area contributed by atoms with Gasteiger partial charge in [0.05, 0.1) is 19.0 Å². The monoisotopic (exact) mass is 249 g/mol. The summed E-state index contributed by atoms with van der Waals surface area (Å²) >= 11 is 0. The molecule has 1 aromatic rings. The van der Waals surface area contributed by atoms with Crippen LogP contribution < -0.4 is 11.1 Å². The van der Waals surface area contributed by atoms with Crippen molar-refractivity contribution in [3.8, 4) is 0 Å². The molecule has 0 atom stereocenters. The Bertz CT molecular complexity index is 454. The summed E-state index contributed by atoms with van der Waals surface area (Å²) in [7, 11) is 1.35. The molecule has 1 aliphatic carbocycles. The first kappa shape index (κ1) is 12.7. The molecule has 0 spiro atoms. The van der Waals surface area contributed by atoms with Crippen LogP contribution in [0, 0.1) is 0 Å². The van der Waals surface area contributed by atoms with Crippen molar-refractivity contribution in [1.29, 1.82) is 0 Å². The lowest BCUT2D eigenvalue weighted by atomic mass is 10.0. The van der Waals surface area contributed by atoms with Gasteiger partial charge >= 0.3 is 5.97 Å². The Balaban J connectivity index is 2.29. The normalized spacial score (nSPS) is 17.4. The van der Waals surface area contributed by atoms with E-state index in [0.29, 0.717) is 17.1 Å². The second-order valence-corrected chi connectivity index (χ2v) is 5.05. The quantitative estimate of drug-likeness (QED) is 0.803. The van der Waals surface area contributed by atoms with Gasteiger partial charge in [-0.05, 0) is 25.8 Å². The van der Waals surface area contributed by atoms with Crippen LogP contribution in [0.15, 0.2) is 12.3 Å². The van der Waals surface area contributed by atoms with Crippen molar-refractivity contribution in [2.24, 2.45) is 0 Å².